The smallest absolute Gasteiger partial charge is 0.475 e. The van der Waals surface area contributed by atoms with Gasteiger partial charge in [-0.25, -0.2) is 9.78 Å². The molecule has 2 saturated heterocycles. The van der Waals surface area contributed by atoms with Crippen molar-refractivity contribution >= 4 is 17.3 Å². The molecule has 0 unspecified atom stereocenters. The van der Waals surface area contributed by atoms with E-state index in [1.165, 1.54) is 25.1 Å². The number of carbonyl (C=O) groups is 1. The van der Waals surface area contributed by atoms with Gasteiger partial charge >= 0.3 is 18.3 Å². The number of imidazole rings is 1. The number of carboxylic acids is 1. The Labute approximate surface area is 173 Å². The molecule has 2 aromatic heterocycles. The van der Waals surface area contributed by atoms with E-state index in [1.807, 2.05) is 0 Å². The third-order valence-electron chi connectivity index (χ3n) is 5.88. The summed E-state index contributed by atoms with van der Waals surface area (Å²) in [6.07, 6.45) is -1.92. The Morgan fingerprint density at radius 3 is 2.13 bits per heavy atom. The number of rotatable bonds is 1. The molecular weight excluding hydrogens is 430 g/mol. The highest BCUT2D eigenvalue weighted by atomic mass is 19.4. The van der Waals surface area contributed by atoms with E-state index in [1.54, 1.807) is 10.7 Å². The lowest BCUT2D eigenvalue weighted by molar-refractivity contribution is -0.192. The molecule has 0 atom stereocenters. The van der Waals surface area contributed by atoms with Gasteiger partial charge in [0.2, 0.25) is 0 Å². The number of aliphatic carboxylic acids is 1. The first-order valence-electron chi connectivity index (χ1n) is 9.70. The van der Waals surface area contributed by atoms with Crippen LogP contribution in [0.15, 0.2) is 24.7 Å². The zero-order valence-electron chi connectivity index (χ0n) is 16.4. The topological polar surface area (TPSA) is 69.9 Å². The third-order valence-corrected chi connectivity index (χ3v) is 5.88. The Kier molecular flexibility index (Phi) is 6.40. The number of carboxylic acid groups (broad SMARTS) is 1. The number of alkyl halides is 6. The normalized spacial score (nSPS) is 19.2. The molecule has 0 aliphatic carbocycles. The second-order valence-electron chi connectivity index (χ2n) is 7.83. The molecule has 2 fully saturated rings. The molecule has 4 rings (SSSR count). The van der Waals surface area contributed by atoms with Gasteiger partial charge in [0, 0.05) is 13.1 Å². The van der Waals surface area contributed by atoms with Crippen molar-refractivity contribution in [2.75, 3.05) is 31.1 Å². The van der Waals surface area contributed by atoms with Gasteiger partial charge in [-0.2, -0.15) is 26.3 Å². The number of pyridine rings is 1. The van der Waals surface area contributed by atoms with Crippen LogP contribution in [0.25, 0.3) is 5.52 Å². The molecule has 1 spiro atoms. The van der Waals surface area contributed by atoms with E-state index in [2.05, 4.69) is 15.2 Å². The zero-order valence-corrected chi connectivity index (χ0v) is 16.4. The first kappa shape index (κ1) is 23.2. The molecule has 31 heavy (non-hydrogen) atoms. The Hall–Kier alpha value is -2.50. The Bertz CT molecular complexity index is 908. The van der Waals surface area contributed by atoms with E-state index in [9.17, 15) is 26.3 Å². The predicted molar refractivity (Wildman–Crippen MR) is 99.9 cm³/mol. The molecule has 172 valence electrons. The minimum Gasteiger partial charge on any atom is -0.475 e. The monoisotopic (exact) mass is 452 g/mol. The van der Waals surface area contributed by atoms with E-state index in [0.717, 1.165) is 45.1 Å². The van der Waals surface area contributed by atoms with Crippen LogP contribution in [0, 0.1) is 5.41 Å². The molecule has 0 amide bonds. The number of aromatic nitrogens is 2. The van der Waals surface area contributed by atoms with Crippen molar-refractivity contribution in [1.29, 1.82) is 0 Å². The molecule has 0 saturated carbocycles. The van der Waals surface area contributed by atoms with Crippen LogP contribution in [0.3, 0.4) is 0 Å². The summed E-state index contributed by atoms with van der Waals surface area (Å²) in [5, 5.41) is 10.5. The van der Waals surface area contributed by atoms with Crippen molar-refractivity contribution in [2.24, 2.45) is 5.41 Å². The van der Waals surface area contributed by atoms with Gasteiger partial charge in [0.25, 0.3) is 0 Å². The van der Waals surface area contributed by atoms with Gasteiger partial charge in [-0.3, -0.25) is 4.40 Å². The Balaban J connectivity index is 0.000000339. The highest BCUT2D eigenvalue weighted by Crippen LogP contribution is 2.41. The number of hydrogen-bond acceptors (Lipinski definition) is 4. The Morgan fingerprint density at radius 2 is 1.61 bits per heavy atom. The summed E-state index contributed by atoms with van der Waals surface area (Å²) in [6, 6.07) is 2.42. The molecule has 0 aromatic carbocycles. The molecule has 2 aliphatic heterocycles. The van der Waals surface area contributed by atoms with E-state index >= 15 is 0 Å². The van der Waals surface area contributed by atoms with Crippen molar-refractivity contribution in [3.05, 3.63) is 30.2 Å². The third kappa shape index (κ3) is 5.41. The highest BCUT2D eigenvalue weighted by Gasteiger charge is 2.38. The van der Waals surface area contributed by atoms with Crippen molar-refractivity contribution in [3.63, 3.8) is 0 Å². The number of piperidine rings is 2. The fourth-order valence-electron chi connectivity index (χ4n) is 4.09. The fraction of sp³-hybridized carbons (Fsp3) is 0.579. The van der Waals surface area contributed by atoms with Gasteiger partial charge in [0.15, 0.2) is 0 Å². The number of nitrogens with zero attached hydrogens (tertiary/aromatic N) is 3. The summed E-state index contributed by atoms with van der Waals surface area (Å²) in [5.41, 5.74) is 0.256. The van der Waals surface area contributed by atoms with E-state index in [0.29, 0.717) is 16.7 Å². The van der Waals surface area contributed by atoms with Crippen LogP contribution in [-0.2, 0) is 11.0 Å². The SMILES string of the molecule is FC(F)(F)c1cc(N2CCC3(CCNCC3)CC2)n2cncc2c1.O=C(O)C(F)(F)F. The lowest BCUT2D eigenvalue weighted by Gasteiger charge is -2.45. The van der Waals surface area contributed by atoms with Crippen LogP contribution in [-0.4, -0.2) is 52.8 Å². The molecule has 2 aromatic rings. The quantitative estimate of drug-likeness (QED) is 0.642. The lowest BCUT2D eigenvalue weighted by Crippen LogP contribution is -2.46. The summed E-state index contributed by atoms with van der Waals surface area (Å²) in [4.78, 5) is 15.0. The largest absolute Gasteiger partial charge is 0.490 e. The van der Waals surface area contributed by atoms with Crippen molar-refractivity contribution < 1.29 is 36.2 Å². The van der Waals surface area contributed by atoms with E-state index in [4.69, 9.17) is 9.90 Å². The maximum absolute atomic E-state index is 13.2. The van der Waals surface area contributed by atoms with Crippen LogP contribution in [0.2, 0.25) is 0 Å². The van der Waals surface area contributed by atoms with Gasteiger partial charge < -0.3 is 15.3 Å². The molecule has 0 radical (unpaired) electrons. The zero-order chi connectivity index (χ0) is 22.9. The molecule has 12 heteroatoms. The molecule has 0 bridgehead atoms. The average molecular weight is 452 g/mol. The second kappa shape index (κ2) is 8.56. The molecule has 4 heterocycles. The first-order valence-corrected chi connectivity index (χ1v) is 9.70. The van der Waals surface area contributed by atoms with Crippen LogP contribution >= 0.6 is 0 Å². The number of fused-ring (bicyclic) bond motifs is 1. The van der Waals surface area contributed by atoms with Gasteiger partial charge in [-0.05, 0) is 56.3 Å². The van der Waals surface area contributed by atoms with Crippen LogP contribution in [0.4, 0.5) is 32.2 Å². The number of hydrogen-bond donors (Lipinski definition) is 2. The number of halogens is 6. The molecule has 2 aliphatic rings. The summed E-state index contributed by atoms with van der Waals surface area (Å²) in [7, 11) is 0. The standard InChI is InChI=1S/C17H21F3N4.C2HF3O2/c18-17(19,20)13-9-14-11-22-12-24(14)15(10-13)23-7-3-16(4-8-23)1-5-21-6-2-16;3-2(4,5)1(6)7/h9-12,21H,1-8H2;(H,6,7). The van der Waals surface area contributed by atoms with Crippen molar-refractivity contribution in [2.45, 2.75) is 38.0 Å². The van der Waals surface area contributed by atoms with Gasteiger partial charge in [-0.15, -0.1) is 0 Å². The summed E-state index contributed by atoms with van der Waals surface area (Å²) in [5.74, 6) is -2.16. The summed E-state index contributed by atoms with van der Waals surface area (Å²) in [6.45, 7) is 3.70. The fourth-order valence-corrected chi connectivity index (χ4v) is 4.09. The number of anilines is 1. The van der Waals surface area contributed by atoms with Crippen LogP contribution < -0.4 is 10.2 Å². The predicted octanol–water partition coefficient (Wildman–Crippen LogP) is 3.96. The van der Waals surface area contributed by atoms with Crippen molar-refractivity contribution in [3.8, 4) is 0 Å². The van der Waals surface area contributed by atoms with Gasteiger partial charge in [-0.1, -0.05) is 0 Å². The van der Waals surface area contributed by atoms with Crippen LogP contribution in [0.1, 0.15) is 31.2 Å². The second-order valence-corrected chi connectivity index (χ2v) is 7.83. The highest BCUT2D eigenvalue weighted by molar-refractivity contribution is 5.73. The molecule has 6 nitrogen and oxygen atoms in total. The molecule has 2 N–H and O–H groups in total. The minimum atomic E-state index is -5.08. The van der Waals surface area contributed by atoms with Crippen molar-refractivity contribution in [1.82, 2.24) is 14.7 Å². The average Bonchev–Trinajstić information content (AvgIpc) is 3.16. The summed E-state index contributed by atoms with van der Waals surface area (Å²) >= 11 is 0. The lowest BCUT2D eigenvalue weighted by atomic mass is 9.71. The summed E-state index contributed by atoms with van der Waals surface area (Å²) < 4.78 is 73.1. The van der Waals surface area contributed by atoms with E-state index < -0.39 is 23.9 Å². The minimum absolute atomic E-state index is 0.372. The van der Waals surface area contributed by atoms with Gasteiger partial charge in [0.1, 0.15) is 12.1 Å². The van der Waals surface area contributed by atoms with E-state index in [-0.39, 0.29) is 0 Å². The maximum atomic E-state index is 13.2. The van der Waals surface area contributed by atoms with Crippen LogP contribution in [0.5, 0.6) is 0 Å². The number of nitrogens with one attached hydrogen (secondary N) is 1. The maximum Gasteiger partial charge on any atom is 0.490 e. The Morgan fingerprint density at radius 1 is 1.03 bits per heavy atom. The molecular formula is C19H22F6N4O2. The van der Waals surface area contributed by atoms with Gasteiger partial charge in [0.05, 0.1) is 17.3 Å². The first-order chi connectivity index (χ1) is 14.4.